The summed E-state index contributed by atoms with van der Waals surface area (Å²) in [7, 11) is 0. The Hall–Kier alpha value is -3.07. The van der Waals surface area contributed by atoms with Crippen molar-refractivity contribution in [3.05, 3.63) is 65.0 Å². The fourth-order valence-corrected chi connectivity index (χ4v) is 2.17. The van der Waals surface area contributed by atoms with E-state index in [1.807, 2.05) is 6.07 Å². The first-order valence-electron chi connectivity index (χ1n) is 6.71. The van der Waals surface area contributed by atoms with Gasteiger partial charge in [-0.2, -0.15) is 4.98 Å². The van der Waals surface area contributed by atoms with E-state index in [0.717, 1.165) is 10.7 Å². The molecule has 3 rings (SSSR count). The lowest BCUT2D eigenvalue weighted by atomic mass is 10.3. The second-order valence-corrected chi connectivity index (χ2v) is 5.46. The highest BCUT2D eigenvalue weighted by molar-refractivity contribution is 9.10. The molecule has 0 saturated carbocycles. The van der Waals surface area contributed by atoms with Gasteiger partial charge in [-0.25, -0.2) is 4.98 Å². The third-order valence-corrected chi connectivity index (χ3v) is 3.33. The number of aromatic nitrogens is 3. The van der Waals surface area contributed by atoms with E-state index in [-0.39, 0.29) is 17.4 Å². The summed E-state index contributed by atoms with van der Waals surface area (Å²) in [6.45, 7) is 0. The first-order valence-corrected chi connectivity index (χ1v) is 7.51. The second kappa shape index (κ2) is 7.01. The van der Waals surface area contributed by atoms with Crippen LogP contribution in [0.25, 0.3) is 0 Å². The Balaban J connectivity index is 1.67. The average Bonchev–Trinajstić information content (AvgIpc) is 3.04. The number of hydrogen-bond donors (Lipinski definition) is 2. The Morgan fingerprint density at radius 1 is 1.08 bits per heavy atom. The van der Waals surface area contributed by atoms with Crippen LogP contribution in [0.1, 0.15) is 21.0 Å². The number of nitrogens with one attached hydrogen (secondary N) is 2. The van der Waals surface area contributed by atoms with Crippen molar-refractivity contribution in [1.82, 2.24) is 15.0 Å². The average molecular weight is 388 g/mol. The quantitative estimate of drug-likeness (QED) is 0.711. The Bertz CT molecular complexity index is 882. The zero-order valence-corrected chi connectivity index (χ0v) is 13.6. The number of amides is 2. The minimum atomic E-state index is -0.538. The number of oxazole rings is 1. The number of rotatable bonds is 4. The molecular formula is C15H10BrN5O3. The first-order chi connectivity index (χ1) is 11.6. The van der Waals surface area contributed by atoms with Gasteiger partial charge in [0.2, 0.25) is 0 Å². The SMILES string of the molecule is O=C(Nc1cccc(Br)c1)c1coc(NC(=O)c2cnccn2)n1. The van der Waals surface area contributed by atoms with Crippen molar-refractivity contribution in [3.63, 3.8) is 0 Å². The van der Waals surface area contributed by atoms with E-state index in [2.05, 4.69) is 41.5 Å². The largest absolute Gasteiger partial charge is 0.431 e. The molecule has 2 heterocycles. The van der Waals surface area contributed by atoms with E-state index in [9.17, 15) is 9.59 Å². The molecule has 3 aromatic rings. The minimum Gasteiger partial charge on any atom is -0.431 e. The number of halogens is 1. The number of nitrogens with zero attached hydrogens (tertiary/aromatic N) is 3. The molecule has 120 valence electrons. The van der Waals surface area contributed by atoms with Gasteiger partial charge in [0.25, 0.3) is 11.8 Å². The number of benzene rings is 1. The van der Waals surface area contributed by atoms with Gasteiger partial charge in [-0.1, -0.05) is 22.0 Å². The molecule has 2 N–H and O–H groups in total. The Labute approximate surface area is 144 Å². The minimum absolute atomic E-state index is 0.0319. The van der Waals surface area contributed by atoms with Crippen molar-refractivity contribution < 1.29 is 14.0 Å². The van der Waals surface area contributed by atoms with Gasteiger partial charge in [0.05, 0.1) is 6.20 Å². The van der Waals surface area contributed by atoms with Crippen LogP contribution >= 0.6 is 15.9 Å². The molecule has 2 amide bonds. The molecule has 9 heteroatoms. The Kier molecular flexibility index (Phi) is 4.62. The van der Waals surface area contributed by atoms with Crippen LogP contribution in [0.3, 0.4) is 0 Å². The van der Waals surface area contributed by atoms with Crippen molar-refractivity contribution in [2.24, 2.45) is 0 Å². The Morgan fingerprint density at radius 3 is 2.67 bits per heavy atom. The smallest absolute Gasteiger partial charge is 0.302 e. The summed E-state index contributed by atoms with van der Waals surface area (Å²) in [6.07, 6.45) is 5.30. The standard InChI is InChI=1S/C15H10BrN5O3/c16-9-2-1-3-10(6-9)19-14(23)12-8-24-15(20-12)21-13(22)11-7-17-4-5-18-11/h1-8H,(H,19,23)(H,20,21,22). The van der Waals surface area contributed by atoms with Crippen LogP contribution in [0.4, 0.5) is 11.7 Å². The maximum absolute atomic E-state index is 12.1. The molecular weight excluding hydrogens is 378 g/mol. The zero-order chi connectivity index (χ0) is 16.9. The fourth-order valence-electron chi connectivity index (χ4n) is 1.77. The lowest BCUT2D eigenvalue weighted by Gasteiger charge is -2.02. The Morgan fingerprint density at radius 2 is 1.92 bits per heavy atom. The van der Waals surface area contributed by atoms with Gasteiger partial charge in [0.1, 0.15) is 12.0 Å². The molecule has 0 bridgehead atoms. The van der Waals surface area contributed by atoms with Gasteiger partial charge in [-0.3, -0.25) is 19.9 Å². The topological polar surface area (TPSA) is 110 Å². The van der Waals surface area contributed by atoms with Crippen LogP contribution in [-0.2, 0) is 0 Å². The van der Waals surface area contributed by atoms with E-state index >= 15 is 0 Å². The summed E-state index contributed by atoms with van der Waals surface area (Å²) in [5.41, 5.74) is 0.739. The van der Waals surface area contributed by atoms with E-state index in [1.54, 1.807) is 18.2 Å². The molecule has 8 nitrogen and oxygen atoms in total. The molecule has 0 radical (unpaired) electrons. The molecule has 0 aliphatic heterocycles. The van der Waals surface area contributed by atoms with Crippen molar-refractivity contribution >= 4 is 39.4 Å². The van der Waals surface area contributed by atoms with Crippen LogP contribution < -0.4 is 10.6 Å². The molecule has 2 aromatic heterocycles. The highest BCUT2D eigenvalue weighted by atomic mass is 79.9. The molecule has 0 aliphatic rings. The van der Waals surface area contributed by atoms with Crippen LogP contribution in [0.2, 0.25) is 0 Å². The van der Waals surface area contributed by atoms with Crippen LogP contribution in [-0.4, -0.2) is 26.8 Å². The fraction of sp³-hybridized carbons (Fsp3) is 0. The van der Waals surface area contributed by atoms with E-state index in [4.69, 9.17) is 4.42 Å². The number of hydrogen-bond acceptors (Lipinski definition) is 6. The highest BCUT2D eigenvalue weighted by Gasteiger charge is 2.15. The summed E-state index contributed by atoms with van der Waals surface area (Å²) >= 11 is 3.32. The molecule has 0 saturated heterocycles. The number of carbonyl (C=O) groups excluding carboxylic acids is 2. The monoisotopic (exact) mass is 387 g/mol. The number of carbonyl (C=O) groups is 2. The lowest BCUT2D eigenvalue weighted by molar-refractivity contribution is 0.101. The summed E-state index contributed by atoms with van der Waals surface area (Å²) in [6, 6.07) is 7.00. The van der Waals surface area contributed by atoms with Crippen LogP contribution in [0.5, 0.6) is 0 Å². The van der Waals surface area contributed by atoms with Crippen molar-refractivity contribution in [2.75, 3.05) is 10.6 Å². The molecule has 0 atom stereocenters. The zero-order valence-electron chi connectivity index (χ0n) is 12.1. The van der Waals surface area contributed by atoms with Gasteiger partial charge >= 0.3 is 6.01 Å². The maximum atomic E-state index is 12.1. The van der Waals surface area contributed by atoms with E-state index in [0.29, 0.717) is 5.69 Å². The van der Waals surface area contributed by atoms with Crippen LogP contribution in [0, 0.1) is 0 Å². The van der Waals surface area contributed by atoms with E-state index < -0.39 is 11.8 Å². The predicted molar refractivity (Wildman–Crippen MR) is 88.6 cm³/mol. The molecule has 24 heavy (non-hydrogen) atoms. The summed E-state index contributed by atoms with van der Waals surface area (Å²) in [5.74, 6) is -0.999. The third-order valence-electron chi connectivity index (χ3n) is 2.84. The van der Waals surface area contributed by atoms with Crippen molar-refractivity contribution in [1.29, 1.82) is 0 Å². The normalized spacial score (nSPS) is 10.2. The lowest BCUT2D eigenvalue weighted by Crippen LogP contribution is -2.15. The maximum Gasteiger partial charge on any atom is 0.302 e. The van der Waals surface area contributed by atoms with Crippen molar-refractivity contribution in [2.45, 2.75) is 0 Å². The molecule has 0 fully saturated rings. The highest BCUT2D eigenvalue weighted by Crippen LogP contribution is 2.17. The van der Waals surface area contributed by atoms with Crippen molar-refractivity contribution in [3.8, 4) is 0 Å². The molecule has 0 unspecified atom stereocenters. The molecule has 1 aromatic carbocycles. The van der Waals surface area contributed by atoms with Crippen LogP contribution in [0.15, 0.2) is 58.0 Å². The van der Waals surface area contributed by atoms with Gasteiger partial charge < -0.3 is 9.73 Å². The predicted octanol–water partition coefficient (Wildman–Crippen LogP) is 2.73. The summed E-state index contributed by atoms with van der Waals surface area (Å²) in [4.78, 5) is 35.6. The van der Waals surface area contributed by atoms with Gasteiger partial charge in [0.15, 0.2) is 5.69 Å². The van der Waals surface area contributed by atoms with E-state index in [1.165, 1.54) is 18.6 Å². The second-order valence-electron chi connectivity index (χ2n) is 4.55. The molecule has 0 spiro atoms. The molecule has 0 aliphatic carbocycles. The third kappa shape index (κ3) is 3.82. The summed E-state index contributed by atoms with van der Waals surface area (Å²) in [5, 5.41) is 5.07. The summed E-state index contributed by atoms with van der Waals surface area (Å²) < 4.78 is 5.91. The van der Waals surface area contributed by atoms with Gasteiger partial charge in [-0.15, -0.1) is 0 Å². The van der Waals surface area contributed by atoms with Gasteiger partial charge in [-0.05, 0) is 18.2 Å². The van der Waals surface area contributed by atoms with Gasteiger partial charge in [0, 0.05) is 22.6 Å². The first kappa shape index (κ1) is 15.8. The number of anilines is 2.